The van der Waals surface area contributed by atoms with Gasteiger partial charge in [0.2, 0.25) is 0 Å². The van der Waals surface area contributed by atoms with E-state index in [1.165, 1.54) is 6.92 Å². The number of rotatable bonds is 7. The number of esters is 1. The van der Waals surface area contributed by atoms with Crippen LogP contribution in [0.2, 0.25) is 0 Å². The third-order valence-corrected chi connectivity index (χ3v) is 4.46. The van der Waals surface area contributed by atoms with E-state index in [0.29, 0.717) is 11.3 Å². The van der Waals surface area contributed by atoms with E-state index in [-0.39, 0.29) is 11.4 Å². The van der Waals surface area contributed by atoms with Crippen LogP contribution in [-0.2, 0) is 11.3 Å². The second kappa shape index (κ2) is 9.00. The number of ether oxygens (including phenoxy) is 1. The second-order valence-corrected chi connectivity index (χ2v) is 6.47. The maximum atomic E-state index is 12.4. The van der Waals surface area contributed by atoms with Gasteiger partial charge in [-0.15, -0.1) is 0 Å². The summed E-state index contributed by atoms with van der Waals surface area (Å²) in [5, 5.41) is 9.39. The number of unbranched alkanes of at least 4 members (excludes halogenated alkanes) is 1. The Morgan fingerprint density at radius 2 is 1.89 bits per heavy atom. The van der Waals surface area contributed by atoms with Gasteiger partial charge in [-0.3, -0.25) is 4.79 Å². The third-order valence-electron chi connectivity index (χ3n) is 4.46. The molecule has 2 rings (SSSR count). The summed E-state index contributed by atoms with van der Waals surface area (Å²) in [6.45, 7) is 8.52. The van der Waals surface area contributed by atoms with Gasteiger partial charge in [-0.05, 0) is 69.2 Å². The predicted octanol–water partition coefficient (Wildman–Crippen LogP) is 4.62. The molecule has 0 radical (unpaired) electrons. The molecule has 0 unspecified atom stereocenters. The van der Waals surface area contributed by atoms with Gasteiger partial charge in [0.15, 0.2) is 5.78 Å². The van der Waals surface area contributed by atoms with Gasteiger partial charge in [-0.2, -0.15) is 5.26 Å². The number of Topliss-reactive ketones (excluding diaryl/α,β-unsaturated/α-hetero) is 1. The largest absolute Gasteiger partial charge is 0.422 e. The van der Waals surface area contributed by atoms with Crippen molar-refractivity contribution in [2.24, 2.45) is 0 Å². The third kappa shape index (κ3) is 4.95. The average Bonchev–Trinajstić information content (AvgIpc) is 2.91. The molecule has 0 saturated heterocycles. The SMILES string of the molecule is CCCCn1c(C)cc(/C=C(\C#N)C(=O)Oc2ccc(C(C)=O)cc2)c1C. The highest BCUT2D eigenvalue weighted by atomic mass is 16.5. The summed E-state index contributed by atoms with van der Waals surface area (Å²) in [4.78, 5) is 23.7. The summed E-state index contributed by atoms with van der Waals surface area (Å²) in [6, 6.07) is 10.1. The zero-order valence-electron chi connectivity index (χ0n) is 16.2. The van der Waals surface area contributed by atoms with E-state index in [9.17, 15) is 14.9 Å². The number of nitrogens with zero attached hydrogens (tertiary/aromatic N) is 2. The first kappa shape index (κ1) is 20.2. The molecule has 0 spiro atoms. The van der Waals surface area contributed by atoms with E-state index in [4.69, 9.17) is 4.74 Å². The summed E-state index contributed by atoms with van der Waals surface area (Å²) in [5.74, 6) is -0.491. The molecular formula is C22H24N2O3. The van der Waals surface area contributed by atoms with Crippen molar-refractivity contribution in [2.75, 3.05) is 0 Å². The normalized spacial score (nSPS) is 11.1. The Balaban J connectivity index is 2.21. The van der Waals surface area contributed by atoms with E-state index < -0.39 is 5.97 Å². The average molecular weight is 364 g/mol. The van der Waals surface area contributed by atoms with Crippen molar-refractivity contribution >= 4 is 17.8 Å². The molecule has 2 aromatic rings. The van der Waals surface area contributed by atoms with Crippen molar-refractivity contribution in [3.05, 3.63) is 58.4 Å². The van der Waals surface area contributed by atoms with E-state index in [2.05, 4.69) is 11.5 Å². The Bertz CT molecular complexity index is 912. The standard InChI is InChI=1S/C22H24N2O3/c1-5-6-11-24-15(2)12-19(16(24)3)13-20(14-23)22(26)27-21-9-7-18(8-10-21)17(4)25/h7-10,12-13H,5-6,11H2,1-4H3/b20-13+. The van der Waals surface area contributed by atoms with Crippen LogP contribution in [0, 0.1) is 25.2 Å². The minimum Gasteiger partial charge on any atom is -0.422 e. The molecule has 0 fully saturated rings. The lowest BCUT2D eigenvalue weighted by molar-refractivity contribution is -0.129. The summed E-state index contributed by atoms with van der Waals surface area (Å²) in [6.07, 6.45) is 3.74. The first-order valence-electron chi connectivity index (χ1n) is 8.99. The summed E-state index contributed by atoms with van der Waals surface area (Å²) in [7, 11) is 0. The van der Waals surface area contributed by atoms with Crippen molar-refractivity contribution < 1.29 is 14.3 Å². The Morgan fingerprint density at radius 3 is 2.44 bits per heavy atom. The number of hydrogen-bond acceptors (Lipinski definition) is 4. The molecule has 0 aliphatic rings. The number of ketones is 1. The summed E-state index contributed by atoms with van der Waals surface area (Å²) >= 11 is 0. The van der Waals surface area contributed by atoms with Gasteiger partial charge in [0.25, 0.3) is 0 Å². The monoisotopic (exact) mass is 364 g/mol. The Labute approximate surface area is 159 Å². The number of aryl methyl sites for hydroxylation is 1. The minimum atomic E-state index is -0.716. The van der Waals surface area contributed by atoms with Gasteiger partial charge >= 0.3 is 5.97 Å². The smallest absolute Gasteiger partial charge is 0.354 e. The highest BCUT2D eigenvalue weighted by molar-refractivity contribution is 5.99. The fourth-order valence-electron chi connectivity index (χ4n) is 2.85. The zero-order chi connectivity index (χ0) is 20.0. The van der Waals surface area contributed by atoms with Crippen LogP contribution in [0.3, 0.4) is 0 Å². The van der Waals surface area contributed by atoms with Crippen molar-refractivity contribution in [1.29, 1.82) is 5.26 Å². The van der Waals surface area contributed by atoms with Gasteiger partial charge in [-0.25, -0.2) is 4.79 Å². The lowest BCUT2D eigenvalue weighted by Crippen LogP contribution is -2.10. The van der Waals surface area contributed by atoms with Crippen LogP contribution >= 0.6 is 0 Å². The predicted molar refractivity (Wildman–Crippen MR) is 104 cm³/mol. The van der Waals surface area contributed by atoms with E-state index in [1.807, 2.05) is 26.0 Å². The van der Waals surface area contributed by atoms with Crippen molar-refractivity contribution in [3.63, 3.8) is 0 Å². The fourth-order valence-corrected chi connectivity index (χ4v) is 2.85. The van der Waals surface area contributed by atoms with Crippen molar-refractivity contribution in [3.8, 4) is 11.8 Å². The molecule has 1 heterocycles. The van der Waals surface area contributed by atoms with Gasteiger partial charge in [-0.1, -0.05) is 13.3 Å². The van der Waals surface area contributed by atoms with Crippen LogP contribution < -0.4 is 4.74 Å². The number of carbonyl (C=O) groups is 2. The highest BCUT2D eigenvalue weighted by Gasteiger charge is 2.15. The van der Waals surface area contributed by atoms with Crippen molar-refractivity contribution in [1.82, 2.24) is 4.57 Å². The van der Waals surface area contributed by atoms with Crippen LogP contribution in [0.5, 0.6) is 5.75 Å². The quantitative estimate of drug-likeness (QED) is 0.236. The van der Waals surface area contributed by atoms with Gasteiger partial charge < -0.3 is 9.30 Å². The Morgan fingerprint density at radius 1 is 1.22 bits per heavy atom. The fraction of sp³-hybridized carbons (Fsp3) is 0.318. The maximum Gasteiger partial charge on any atom is 0.354 e. The second-order valence-electron chi connectivity index (χ2n) is 6.47. The number of nitriles is 1. The molecular weight excluding hydrogens is 340 g/mol. The lowest BCUT2D eigenvalue weighted by atomic mass is 10.1. The maximum absolute atomic E-state index is 12.4. The highest BCUT2D eigenvalue weighted by Crippen LogP contribution is 2.20. The molecule has 0 aliphatic heterocycles. The van der Waals surface area contributed by atoms with Crippen LogP contribution in [0.25, 0.3) is 6.08 Å². The molecule has 0 aliphatic carbocycles. The number of hydrogen-bond donors (Lipinski definition) is 0. The minimum absolute atomic E-state index is 0.0658. The molecule has 0 atom stereocenters. The van der Waals surface area contributed by atoms with Crippen LogP contribution in [0.1, 0.15) is 54.0 Å². The van der Waals surface area contributed by atoms with E-state index in [0.717, 1.165) is 36.3 Å². The molecule has 0 amide bonds. The Kier molecular flexibility index (Phi) is 6.73. The van der Waals surface area contributed by atoms with Crippen LogP contribution in [0.4, 0.5) is 0 Å². The molecule has 5 heteroatoms. The van der Waals surface area contributed by atoms with Crippen LogP contribution in [-0.4, -0.2) is 16.3 Å². The van der Waals surface area contributed by atoms with Crippen molar-refractivity contribution in [2.45, 2.75) is 47.1 Å². The van der Waals surface area contributed by atoms with Crippen LogP contribution in [0.15, 0.2) is 35.9 Å². The molecule has 0 saturated carbocycles. The number of carbonyl (C=O) groups excluding carboxylic acids is 2. The summed E-state index contributed by atoms with van der Waals surface area (Å²) in [5.41, 5.74) is 3.42. The molecule has 5 nitrogen and oxygen atoms in total. The molecule has 1 aromatic heterocycles. The molecule has 0 N–H and O–H groups in total. The van der Waals surface area contributed by atoms with E-state index >= 15 is 0 Å². The van der Waals surface area contributed by atoms with E-state index in [1.54, 1.807) is 30.3 Å². The molecule has 27 heavy (non-hydrogen) atoms. The Hall–Kier alpha value is -3.13. The molecule has 140 valence electrons. The molecule has 1 aromatic carbocycles. The first-order valence-corrected chi connectivity index (χ1v) is 8.99. The number of aromatic nitrogens is 1. The van der Waals surface area contributed by atoms with Gasteiger partial charge in [0.1, 0.15) is 17.4 Å². The number of benzene rings is 1. The molecule has 0 bridgehead atoms. The van der Waals surface area contributed by atoms with Gasteiger partial charge in [0.05, 0.1) is 0 Å². The zero-order valence-corrected chi connectivity index (χ0v) is 16.2. The first-order chi connectivity index (χ1) is 12.9. The lowest BCUT2D eigenvalue weighted by Gasteiger charge is -2.08. The van der Waals surface area contributed by atoms with Gasteiger partial charge in [0, 0.05) is 23.5 Å². The topological polar surface area (TPSA) is 72.1 Å². The summed E-state index contributed by atoms with van der Waals surface area (Å²) < 4.78 is 7.46.